The normalized spacial score (nSPS) is 10.9. The fourth-order valence-corrected chi connectivity index (χ4v) is 2.41. The Balaban J connectivity index is 2.68. The average molecular weight is 249 g/mol. The van der Waals surface area contributed by atoms with Gasteiger partial charge in [-0.2, -0.15) is 0 Å². The molecule has 0 amide bonds. The van der Waals surface area contributed by atoms with Crippen LogP contribution in [0.2, 0.25) is 5.02 Å². The van der Waals surface area contributed by atoms with Crippen LogP contribution in [-0.4, -0.2) is 4.57 Å². The molecular formula is C14H17ClN2. The highest BCUT2D eigenvalue weighted by Crippen LogP contribution is 2.26. The van der Waals surface area contributed by atoms with Gasteiger partial charge in [0.2, 0.25) is 0 Å². The van der Waals surface area contributed by atoms with E-state index in [1.807, 2.05) is 19.1 Å². The SMILES string of the molecule is Cc1c(Cl)cccc1-n1c(C)cc(CN)c1C. The molecule has 0 aliphatic rings. The Morgan fingerprint density at radius 3 is 2.53 bits per heavy atom. The molecule has 0 saturated carbocycles. The molecule has 1 aromatic heterocycles. The van der Waals surface area contributed by atoms with Crippen molar-refractivity contribution in [2.75, 3.05) is 0 Å². The maximum atomic E-state index is 6.17. The molecule has 0 fully saturated rings. The van der Waals surface area contributed by atoms with E-state index >= 15 is 0 Å². The van der Waals surface area contributed by atoms with Crippen LogP contribution in [0.1, 0.15) is 22.5 Å². The number of hydrogen-bond acceptors (Lipinski definition) is 1. The minimum atomic E-state index is 0.569. The van der Waals surface area contributed by atoms with Crippen molar-refractivity contribution in [3.05, 3.63) is 51.8 Å². The minimum Gasteiger partial charge on any atom is -0.326 e. The zero-order valence-electron chi connectivity index (χ0n) is 10.4. The summed E-state index contributed by atoms with van der Waals surface area (Å²) in [5, 5.41) is 0.796. The second-order valence-electron chi connectivity index (χ2n) is 4.32. The first-order valence-corrected chi connectivity index (χ1v) is 6.07. The molecule has 0 radical (unpaired) electrons. The maximum absolute atomic E-state index is 6.17. The van der Waals surface area contributed by atoms with Crippen molar-refractivity contribution in [3.63, 3.8) is 0 Å². The number of aryl methyl sites for hydroxylation is 1. The van der Waals surface area contributed by atoms with Gasteiger partial charge in [-0.3, -0.25) is 0 Å². The highest BCUT2D eigenvalue weighted by atomic mass is 35.5. The lowest BCUT2D eigenvalue weighted by molar-refractivity contribution is 0.935. The third kappa shape index (κ3) is 1.99. The first kappa shape index (κ1) is 12.2. The van der Waals surface area contributed by atoms with Gasteiger partial charge in [-0.05, 0) is 50.1 Å². The van der Waals surface area contributed by atoms with Crippen LogP contribution in [-0.2, 0) is 6.54 Å². The fourth-order valence-electron chi connectivity index (χ4n) is 2.24. The zero-order chi connectivity index (χ0) is 12.6. The van der Waals surface area contributed by atoms with Gasteiger partial charge < -0.3 is 10.3 Å². The van der Waals surface area contributed by atoms with E-state index in [1.54, 1.807) is 0 Å². The first-order valence-electron chi connectivity index (χ1n) is 5.69. The monoisotopic (exact) mass is 248 g/mol. The molecule has 1 heterocycles. The molecule has 0 saturated heterocycles. The van der Waals surface area contributed by atoms with Crippen molar-refractivity contribution >= 4 is 11.6 Å². The highest BCUT2D eigenvalue weighted by Gasteiger charge is 2.12. The molecule has 1 aromatic carbocycles. The van der Waals surface area contributed by atoms with Crippen molar-refractivity contribution in [2.45, 2.75) is 27.3 Å². The van der Waals surface area contributed by atoms with Crippen LogP contribution < -0.4 is 5.73 Å². The Bertz CT molecular complexity index is 556. The molecular weight excluding hydrogens is 232 g/mol. The summed E-state index contributed by atoms with van der Waals surface area (Å²) >= 11 is 6.17. The van der Waals surface area contributed by atoms with E-state index in [0.717, 1.165) is 16.3 Å². The Hall–Kier alpha value is -1.25. The van der Waals surface area contributed by atoms with Gasteiger partial charge in [0.15, 0.2) is 0 Å². The highest BCUT2D eigenvalue weighted by molar-refractivity contribution is 6.31. The van der Waals surface area contributed by atoms with E-state index in [4.69, 9.17) is 17.3 Å². The summed E-state index contributed by atoms with van der Waals surface area (Å²) in [6.07, 6.45) is 0. The molecule has 2 aromatic rings. The first-order chi connectivity index (χ1) is 8.06. The third-order valence-corrected chi connectivity index (χ3v) is 3.65. The molecule has 0 bridgehead atoms. The number of nitrogens with two attached hydrogens (primary N) is 1. The van der Waals surface area contributed by atoms with Crippen LogP contribution in [0.5, 0.6) is 0 Å². The molecule has 0 atom stereocenters. The molecule has 0 aliphatic heterocycles. The second kappa shape index (κ2) is 4.55. The number of halogens is 1. The summed E-state index contributed by atoms with van der Waals surface area (Å²) in [6, 6.07) is 8.11. The summed E-state index contributed by atoms with van der Waals surface area (Å²) in [5.74, 6) is 0. The summed E-state index contributed by atoms with van der Waals surface area (Å²) in [7, 11) is 0. The number of rotatable bonds is 2. The lowest BCUT2D eigenvalue weighted by Gasteiger charge is -2.13. The van der Waals surface area contributed by atoms with Crippen LogP contribution in [0.4, 0.5) is 0 Å². The maximum Gasteiger partial charge on any atom is 0.0499 e. The van der Waals surface area contributed by atoms with E-state index in [-0.39, 0.29) is 0 Å². The van der Waals surface area contributed by atoms with Crippen LogP contribution in [0, 0.1) is 20.8 Å². The van der Waals surface area contributed by atoms with Gasteiger partial charge in [0.25, 0.3) is 0 Å². The Morgan fingerprint density at radius 2 is 1.94 bits per heavy atom. The number of benzene rings is 1. The van der Waals surface area contributed by atoms with Gasteiger partial charge in [0.05, 0.1) is 0 Å². The molecule has 2 rings (SSSR count). The predicted octanol–water partition coefficient (Wildman–Crippen LogP) is 3.51. The van der Waals surface area contributed by atoms with Gasteiger partial charge in [-0.1, -0.05) is 17.7 Å². The Kier molecular flexibility index (Phi) is 3.27. The standard InChI is InChI=1S/C14H17ClN2/c1-9-7-12(8-16)11(3)17(9)14-6-4-5-13(15)10(14)2/h4-7H,8,16H2,1-3H3. The summed E-state index contributed by atoms with van der Waals surface area (Å²) < 4.78 is 2.21. The lowest BCUT2D eigenvalue weighted by Crippen LogP contribution is -2.03. The van der Waals surface area contributed by atoms with Crippen molar-refractivity contribution in [1.29, 1.82) is 0 Å². The van der Waals surface area contributed by atoms with E-state index in [0.29, 0.717) is 6.54 Å². The van der Waals surface area contributed by atoms with E-state index in [2.05, 4.69) is 30.5 Å². The van der Waals surface area contributed by atoms with E-state index in [1.165, 1.54) is 17.0 Å². The number of aromatic nitrogens is 1. The largest absolute Gasteiger partial charge is 0.326 e. The van der Waals surface area contributed by atoms with Crippen LogP contribution in [0.25, 0.3) is 5.69 Å². The number of hydrogen-bond donors (Lipinski definition) is 1. The summed E-state index contributed by atoms with van der Waals surface area (Å²) in [6.45, 7) is 6.79. The van der Waals surface area contributed by atoms with Crippen molar-refractivity contribution in [2.24, 2.45) is 5.73 Å². The fraction of sp³-hybridized carbons (Fsp3) is 0.286. The zero-order valence-corrected chi connectivity index (χ0v) is 11.2. The molecule has 17 heavy (non-hydrogen) atoms. The average Bonchev–Trinajstić information content (AvgIpc) is 2.58. The topological polar surface area (TPSA) is 30.9 Å². The van der Waals surface area contributed by atoms with Crippen molar-refractivity contribution in [1.82, 2.24) is 4.57 Å². The molecule has 90 valence electrons. The van der Waals surface area contributed by atoms with Gasteiger partial charge >= 0.3 is 0 Å². The summed E-state index contributed by atoms with van der Waals surface area (Å²) in [5.41, 5.74) is 11.5. The van der Waals surface area contributed by atoms with Gasteiger partial charge in [-0.25, -0.2) is 0 Å². The minimum absolute atomic E-state index is 0.569. The van der Waals surface area contributed by atoms with Crippen molar-refractivity contribution in [3.8, 4) is 5.69 Å². The van der Waals surface area contributed by atoms with Gasteiger partial charge in [-0.15, -0.1) is 0 Å². The molecule has 0 aliphatic carbocycles. The predicted molar refractivity (Wildman–Crippen MR) is 72.9 cm³/mol. The van der Waals surface area contributed by atoms with Crippen molar-refractivity contribution < 1.29 is 0 Å². The quantitative estimate of drug-likeness (QED) is 0.866. The molecule has 3 heteroatoms. The van der Waals surface area contributed by atoms with Crippen LogP contribution in [0.3, 0.4) is 0 Å². The van der Waals surface area contributed by atoms with E-state index in [9.17, 15) is 0 Å². The molecule has 0 unspecified atom stereocenters. The van der Waals surface area contributed by atoms with Gasteiger partial charge in [0, 0.05) is 28.6 Å². The molecule has 2 N–H and O–H groups in total. The molecule has 2 nitrogen and oxygen atoms in total. The van der Waals surface area contributed by atoms with Gasteiger partial charge in [0.1, 0.15) is 0 Å². The number of nitrogens with zero attached hydrogens (tertiary/aromatic N) is 1. The Morgan fingerprint density at radius 1 is 1.24 bits per heavy atom. The van der Waals surface area contributed by atoms with Crippen LogP contribution in [0.15, 0.2) is 24.3 Å². The van der Waals surface area contributed by atoms with Crippen LogP contribution >= 0.6 is 11.6 Å². The second-order valence-corrected chi connectivity index (χ2v) is 4.73. The smallest absolute Gasteiger partial charge is 0.0499 e. The van der Waals surface area contributed by atoms with E-state index < -0.39 is 0 Å². The molecule has 0 spiro atoms. The Labute approximate surface area is 107 Å². The third-order valence-electron chi connectivity index (χ3n) is 3.24. The summed E-state index contributed by atoms with van der Waals surface area (Å²) in [4.78, 5) is 0. The lowest BCUT2D eigenvalue weighted by atomic mass is 10.2.